The van der Waals surface area contributed by atoms with E-state index < -0.39 is 0 Å². The molecule has 2 aromatic carbocycles. The molecule has 1 N–H and O–H groups in total. The highest BCUT2D eigenvalue weighted by atomic mass is 15.1. The molecule has 0 aliphatic carbocycles. The van der Waals surface area contributed by atoms with Gasteiger partial charge in [-0.2, -0.15) is 5.26 Å². The number of nitriles is 1. The third-order valence-corrected chi connectivity index (χ3v) is 3.77. The minimum Gasteiger partial charge on any atom is -0.382 e. The number of benzene rings is 2. The second-order valence-electron chi connectivity index (χ2n) is 5.73. The minimum atomic E-state index is 0.337. The molecule has 1 heterocycles. The zero-order valence-electron chi connectivity index (χ0n) is 13.3. The maximum atomic E-state index is 9.27. The molecule has 0 saturated heterocycles. The molecule has 4 nitrogen and oxygen atoms in total. The highest BCUT2D eigenvalue weighted by Gasteiger charge is 2.09. The molecule has 23 heavy (non-hydrogen) atoms. The Balaban J connectivity index is 1.83. The molecule has 0 unspecified atom stereocenters. The summed E-state index contributed by atoms with van der Waals surface area (Å²) < 4.78 is 0. The van der Waals surface area contributed by atoms with Gasteiger partial charge in [0.05, 0.1) is 11.2 Å². The third-order valence-electron chi connectivity index (χ3n) is 3.77. The Morgan fingerprint density at radius 1 is 1.04 bits per heavy atom. The highest BCUT2D eigenvalue weighted by molar-refractivity contribution is 5.92. The topological polar surface area (TPSA) is 61.6 Å². The second-order valence-corrected chi connectivity index (χ2v) is 5.73. The maximum Gasteiger partial charge on any atom is 0.186 e. The highest BCUT2D eigenvalue weighted by Crippen LogP contribution is 2.23. The number of aryl methyl sites for hydroxylation is 2. The van der Waals surface area contributed by atoms with Crippen LogP contribution >= 0.6 is 0 Å². The van der Waals surface area contributed by atoms with Crippen LogP contribution in [0, 0.1) is 25.2 Å². The summed E-state index contributed by atoms with van der Waals surface area (Å²) in [6.45, 7) is 4.96. The van der Waals surface area contributed by atoms with Crippen LogP contribution in [0.15, 0.2) is 42.5 Å². The molecule has 0 atom stereocenters. The fourth-order valence-corrected chi connectivity index (χ4v) is 2.86. The Labute approximate surface area is 135 Å². The second kappa shape index (κ2) is 6.45. The molecule has 0 spiro atoms. The Morgan fingerprint density at radius 2 is 1.78 bits per heavy atom. The summed E-state index contributed by atoms with van der Waals surface area (Å²) in [7, 11) is 0. The Hall–Kier alpha value is -2.93. The Morgan fingerprint density at radius 3 is 2.52 bits per heavy atom. The van der Waals surface area contributed by atoms with E-state index in [-0.39, 0.29) is 0 Å². The number of nitrogens with one attached hydrogen (secondary N) is 1. The van der Waals surface area contributed by atoms with Gasteiger partial charge in [-0.25, -0.2) is 0 Å². The van der Waals surface area contributed by atoms with Crippen LogP contribution in [0.3, 0.4) is 0 Å². The first-order chi connectivity index (χ1) is 11.2. The van der Waals surface area contributed by atoms with Gasteiger partial charge in [-0.15, -0.1) is 10.2 Å². The van der Waals surface area contributed by atoms with E-state index in [1.165, 1.54) is 16.7 Å². The van der Waals surface area contributed by atoms with Crippen LogP contribution in [0.5, 0.6) is 0 Å². The molecule has 0 bridgehead atoms. The van der Waals surface area contributed by atoms with Crippen molar-refractivity contribution in [2.24, 2.45) is 0 Å². The summed E-state index contributed by atoms with van der Waals surface area (Å²) in [5.74, 6) is 0. The molecule has 3 rings (SSSR count). The van der Waals surface area contributed by atoms with Gasteiger partial charge < -0.3 is 5.32 Å². The lowest BCUT2D eigenvalue weighted by atomic mass is 10.0. The third kappa shape index (κ3) is 3.29. The summed E-state index contributed by atoms with van der Waals surface area (Å²) in [6, 6.07) is 16.4. The summed E-state index contributed by atoms with van der Waals surface area (Å²) in [6.07, 6.45) is 0.893. The van der Waals surface area contributed by atoms with Gasteiger partial charge in [0.25, 0.3) is 0 Å². The van der Waals surface area contributed by atoms with Gasteiger partial charge in [0.2, 0.25) is 0 Å². The molecule has 0 radical (unpaired) electrons. The van der Waals surface area contributed by atoms with E-state index in [0.29, 0.717) is 5.69 Å². The van der Waals surface area contributed by atoms with E-state index in [9.17, 15) is 5.26 Å². The number of fused-ring (bicyclic) bond motifs is 1. The SMILES string of the molecule is Cc1cc(C)cc(CCNc2c(C#N)nnc3ccccc23)c1. The van der Waals surface area contributed by atoms with Crippen LogP contribution in [0.4, 0.5) is 5.69 Å². The first-order valence-electron chi connectivity index (χ1n) is 7.64. The van der Waals surface area contributed by atoms with Crippen molar-refractivity contribution < 1.29 is 0 Å². The molecule has 1 aromatic heterocycles. The van der Waals surface area contributed by atoms with Gasteiger partial charge in [-0.3, -0.25) is 0 Å². The maximum absolute atomic E-state index is 9.27. The largest absolute Gasteiger partial charge is 0.382 e. The molecule has 0 aliphatic rings. The normalized spacial score (nSPS) is 10.5. The van der Waals surface area contributed by atoms with Crippen LogP contribution in [0.1, 0.15) is 22.4 Å². The zero-order chi connectivity index (χ0) is 16.2. The number of anilines is 1. The van der Waals surface area contributed by atoms with E-state index in [0.717, 1.165) is 29.6 Å². The lowest BCUT2D eigenvalue weighted by molar-refractivity contribution is 0.996. The number of nitrogens with zero attached hydrogens (tertiary/aromatic N) is 3. The van der Waals surface area contributed by atoms with Crippen molar-refractivity contribution in [2.75, 3.05) is 11.9 Å². The lowest BCUT2D eigenvalue weighted by Gasteiger charge is -2.11. The van der Waals surface area contributed by atoms with Crippen LogP contribution in [-0.2, 0) is 6.42 Å². The van der Waals surface area contributed by atoms with Gasteiger partial charge in [0, 0.05) is 11.9 Å². The first-order valence-corrected chi connectivity index (χ1v) is 7.64. The number of aromatic nitrogens is 2. The van der Waals surface area contributed by atoms with Crippen molar-refractivity contribution in [3.8, 4) is 6.07 Å². The monoisotopic (exact) mass is 302 g/mol. The summed E-state index contributed by atoms with van der Waals surface area (Å²) in [5.41, 5.74) is 5.73. The van der Waals surface area contributed by atoms with E-state index in [2.05, 4.69) is 53.6 Å². The fourth-order valence-electron chi connectivity index (χ4n) is 2.86. The number of rotatable bonds is 4. The van der Waals surface area contributed by atoms with Crippen molar-refractivity contribution in [1.82, 2.24) is 10.2 Å². The standard InChI is InChI=1S/C19H18N4/c1-13-9-14(2)11-15(10-13)7-8-21-19-16-5-3-4-6-17(16)22-23-18(19)12-20/h3-6,9-11H,7-8H2,1-2H3,(H,21,22). The first kappa shape index (κ1) is 15.0. The van der Waals surface area contributed by atoms with E-state index >= 15 is 0 Å². The van der Waals surface area contributed by atoms with Crippen LogP contribution in [0.2, 0.25) is 0 Å². The Kier molecular flexibility index (Phi) is 4.20. The minimum absolute atomic E-state index is 0.337. The van der Waals surface area contributed by atoms with Crippen LogP contribution < -0.4 is 5.32 Å². The van der Waals surface area contributed by atoms with Gasteiger partial charge in [-0.1, -0.05) is 47.5 Å². The van der Waals surface area contributed by atoms with Gasteiger partial charge >= 0.3 is 0 Å². The van der Waals surface area contributed by atoms with Crippen molar-refractivity contribution >= 4 is 16.6 Å². The number of hydrogen-bond donors (Lipinski definition) is 1. The molecular formula is C19H18N4. The molecule has 0 saturated carbocycles. The smallest absolute Gasteiger partial charge is 0.186 e. The van der Waals surface area contributed by atoms with Crippen molar-refractivity contribution in [1.29, 1.82) is 5.26 Å². The number of hydrogen-bond acceptors (Lipinski definition) is 4. The molecule has 0 fully saturated rings. The molecular weight excluding hydrogens is 284 g/mol. The summed E-state index contributed by atoms with van der Waals surface area (Å²) >= 11 is 0. The quantitative estimate of drug-likeness (QED) is 0.797. The van der Waals surface area contributed by atoms with Crippen LogP contribution in [0.25, 0.3) is 10.9 Å². The van der Waals surface area contributed by atoms with Crippen molar-refractivity contribution in [3.63, 3.8) is 0 Å². The summed E-state index contributed by atoms with van der Waals surface area (Å²) in [5, 5.41) is 21.7. The average molecular weight is 302 g/mol. The fraction of sp³-hybridized carbons (Fsp3) is 0.211. The molecule has 4 heteroatoms. The van der Waals surface area contributed by atoms with E-state index in [1.807, 2.05) is 24.3 Å². The van der Waals surface area contributed by atoms with Gasteiger partial charge in [-0.05, 0) is 31.9 Å². The zero-order valence-corrected chi connectivity index (χ0v) is 13.3. The average Bonchev–Trinajstić information content (AvgIpc) is 2.54. The van der Waals surface area contributed by atoms with Gasteiger partial charge in [0.1, 0.15) is 6.07 Å². The molecule has 0 amide bonds. The molecule has 3 aromatic rings. The van der Waals surface area contributed by atoms with Crippen LogP contribution in [-0.4, -0.2) is 16.7 Å². The Bertz CT molecular complexity index is 873. The van der Waals surface area contributed by atoms with E-state index in [4.69, 9.17) is 0 Å². The lowest BCUT2D eigenvalue weighted by Crippen LogP contribution is -2.08. The molecule has 114 valence electrons. The molecule has 0 aliphatic heterocycles. The predicted molar refractivity (Wildman–Crippen MR) is 92.4 cm³/mol. The van der Waals surface area contributed by atoms with E-state index in [1.54, 1.807) is 0 Å². The summed E-state index contributed by atoms with van der Waals surface area (Å²) in [4.78, 5) is 0. The van der Waals surface area contributed by atoms with Crippen molar-refractivity contribution in [2.45, 2.75) is 20.3 Å². The van der Waals surface area contributed by atoms with Gasteiger partial charge in [0.15, 0.2) is 5.69 Å². The van der Waals surface area contributed by atoms with Crippen molar-refractivity contribution in [3.05, 3.63) is 64.8 Å². The predicted octanol–water partition coefficient (Wildman–Crippen LogP) is 3.77.